The number of nitrogens with zero attached hydrogens (tertiary/aromatic N) is 1. The van der Waals surface area contributed by atoms with E-state index in [0.717, 1.165) is 24.2 Å². The van der Waals surface area contributed by atoms with Crippen molar-refractivity contribution in [3.05, 3.63) is 29.8 Å². The summed E-state index contributed by atoms with van der Waals surface area (Å²) in [4.78, 5) is 2.60. The van der Waals surface area contributed by atoms with Gasteiger partial charge in [-0.1, -0.05) is 32.0 Å². The number of nitrogens with two attached hydrogens (primary N) is 1. The minimum absolute atomic E-state index is 0.00764. The molecule has 0 bridgehead atoms. The van der Waals surface area contributed by atoms with Crippen LogP contribution in [0.2, 0.25) is 0 Å². The minimum atomic E-state index is -0.00764. The second-order valence-electron chi connectivity index (χ2n) is 5.72. The molecule has 1 aliphatic rings. The lowest BCUT2D eigenvalue weighted by molar-refractivity contribution is 0.0757. The predicted molar refractivity (Wildman–Crippen MR) is 84.0 cm³/mol. The van der Waals surface area contributed by atoms with Crippen LogP contribution in [-0.2, 0) is 0 Å². The predicted octanol–water partition coefficient (Wildman–Crippen LogP) is 3.35. The first-order chi connectivity index (χ1) is 9.69. The van der Waals surface area contributed by atoms with E-state index in [1.165, 1.54) is 25.9 Å². The molecule has 0 saturated carbocycles. The third kappa shape index (κ3) is 2.57. The number of methoxy groups -OCH3 is 1. The van der Waals surface area contributed by atoms with E-state index in [1.54, 1.807) is 7.11 Å². The van der Waals surface area contributed by atoms with Crippen molar-refractivity contribution in [3.8, 4) is 5.75 Å². The highest BCUT2D eigenvalue weighted by Crippen LogP contribution is 2.40. The third-order valence-electron chi connectivity index (χ3n) is 5.01. The quantitative estimate of drug-likeness (QED) is 0.866. The topological polar surface area (TPSA) is 38.5 Å². The molecule has 1 heterocycles. The summed E-state index contributed by atoms with van der Waals surface area (Å²) < 4.78 is 5.51. The van der Waals surface area contributed by atoms with Gasteiger partial charge in [-0.15, -0.1) is 0 Å². The van der Waals surface area contributed by atoms with E-state index in [1.807, 2.05) is 12.1 Å². The summed E-state index contributed by atoms with van der Waals surface area (Å²) in [5, 5.41) is 0. The molecule has 0 aromatic heterocycles. The highest BCUT2D eigenvalue weighted by molar-refractivity contribution is 5.37. The molecule has 20 heavy (non-hydrogen) atoms. The Morgan fingerprint density at radius 3 is 2.35 bits per heavy atom. The van der Waals surface area contributed by atoms with E-state index in [9.17, 15) is 0 Å². The molecule has 1 fully saturated rings. The van der Waals surface area contributed by atoms with Gasteiger partial charge >= 0.3 is 0 Å². The van der Waals surface area contributed by atoms with E-state index in [0.29, 0.717) is 0 Å². The number of para-hydroxylation sites is 1. The van der Waals surface area contributed by atoms with Gasteiger partial charge in [0, 0.05) is 11.1 Å². The van der Waals surface area contributed by atoms with E-state index >= 15 is 0 Å². The minimum Gasteiger partial charge on any atom is -0.496 e. The monoisotopic (exact) mass is 276 g/mol. The maximum absolute atomic E-state index is 6.73. The van der Waals surface area contributed by atoms with Crippen molar-refractivity contribution in [3.63, 3.8) is 0 Å². The Morgan fingerprint density at radius 1 is 1.20 bits per heavy atom. The van der Waals surface area contributed by atoms with Crippen LogP contribution in [0.5, 0.6) is 5.75 Å². The van der Waals surface area contributed by atoms with Crippen molar-refractivity contribution in [1.82, 2.24) is 4.90 Å². The van der Waals surface area contributed by atoms with Crippen LogP contribution >= 0.6 is 0 Å². The molecule has 0 radical (unpaired) electrons. The Morgan fingerprint density at radius 2 is 1.80 bits per heavy atom. The molecule has 0 aliphatic carbocycles. The van der Waals surface area contributed by atoms with Crippen molar-refractivity contribution < 1.29 is 4.74 Å². The molecular weight excluding hydrogens is 248 g/mol. The van der Waals surface area contributed by atoms with Gasteiger partial charge in [-0.05, 0) is 44.8 Å². The highest BCUT2D eigenvalue weighted by atomic mass is 16.5. The van der Waals surface area contributed by atoms with Crippen molar-refractivity contribution in [1.29, 1.82) is 0 Å². The summed E-state index contributed by atoms with van der Waals surface area (Å²) in [6.07, 6.45) is 4.73. The van der Waals surface area contributed by atoms with E-state index < -0.39 is 0 Å². The molecule has 1 unspecified atom stereocenters. The molecule has 1 aromatic rings. The van der Waals surface area contributed by atoms with Gasteiger partial charge in [-0.3, -0.25) is 4.90 Å². The van der Waals surface area contributed by atoms with Gasteiger partial charge in [0.05, 0.1) is 13.2 Å². The smallest absolute Gasteiger partial charge is 0.123 e. The first-order valence-corrected chi connectivity index (χ1v) is 7.83. The average molecular weight is 276 g/mol. The third-order valence-corrected chi connectivity index (χ3v) is 5.01. The summed E-state index contributed by atoms with van der Waals surface area (Å²) in [7, 11) is 1.72. The maximum Gasteiger partial charge on any atom is 0.123 e. The standard InChI is InChI=1S/C17H28N2O/c1-4-17(5-2,19-12-8-9-13-19)16(18)14-10-6-7-11-15(14)20-3/h6-7,10-11,16H,4-5,8-9,12-13,18H2,1-3H3. The second kappa shape index (κ2) is 6.59. The largest absolute Gasteiger partial charge is 0.496 e. The van der Waals surface area contributed by atoms with Crippen molar-refractivity contribution in [2.75, 3.05) is 20.2 Å². The lowest BCUT2D eigenvalue weighted by atomic mass is 9.79. The fourth-order valence-corrected chi connectivity index (χ4v) is 3.71. The molecule has 2 N–H and O–H groups in total. The van der Waals surface area contributed by atoms with Crippen LogP contribution in [0.4, 0.5) is 0 Å². The first-order valence-electron chi connectivity index (χ1n) is 7.83. The fraction of sp³-hybridized carbons (Fsp3) is 0.647. The van der Waals surface area contributed by atoms with Gasteiger partial charge in [0.25, 0.3) is 0 Å². The lowest BCUT2D eigenvalue weighted by Gasteiger charge is -2.45. The molecule has 2 rings (SSSR count). The molecule has 1 saturated heterocycles. The van der Waals surface area contributed by atoms with Crippen LogP contribution in [0.1, 0.15) is 51.1 Å². The SMILES string of the molecule is CCC(CC)(C(N)c1ccccc1OC)N1CCCC1. The van der Waals surface area contributed by atoms with Crippen molar-refractivity contribution >= 4 is 0 Å². The molecule has 0 spiro atoms. The Bertz CT molecular complexity index is 423. The number of benzene rings is 1. The number of likely N-dealkylation sites (tertiary alicyclic amines) is 1. The normalized spacial score (nSPS) is 18.2. The fourth-order valence-electron chi connectivity index (χ4n) is 3.71. The summed E-state index contributed by atoms with van der Waals surface area (Å²) in [5.41, 5.74) is 7.91. The summed E-state index contributed by atoms with van der Waals surface area (Å²) >= 11 is 0. The van der Waals surface area contributed by atoms with Gasteiger partial charge in [0.2, 0.25) is 0 Å². The molecule has 0 amide bonds. The Labute approximate surface area is 123 Å². The van der Waals surface area contributed by atoms with Gasteiger partial charge < -0.3 is 10.5 Å². The van der Waals surface area contributed by atoms with Crippen LogP contribution in [0.3, 0.4) is 0 Å². The second-order valence-corrected chi connectivity index (χ2v) is 5.72. The molecule has 1 atom stereocenters. The highest BCUT2D eigenvalue weighted by Gasteiger charge is 2.41. The summed E-state index contributed by atoms with van der Waals surface area (Å²) in [6.45, 7) is 6.86. The Kier molecular flexibility index (Phi) is 5.06. The molecule has 3 heteroatoms. The van der Waals surface area contributed by atoms with Crippen LogP contribution in [-0.4, -0.2) is 30.6 Å². The first kappa shape index (κ1) is 15.3. The van der Waals surface area contributed by atoms with Gasteiger partial charge in [0.15, 0.2) is 0 Å². The number of rotatable bonds is 6. The zero-order chi connectivity index (χ0) is 14.6. The van der Waals surface area contributed by atoms with E-state index in [-0.39, 0.29) is 11.6 Å². The summed E-state index contributed by atoms with van der Waals surface area (Å²) in [5.74, 6) is 0.908. The van der Waals surface area contributed by atoms with Crippen LogP contribution in [0.15, 0.2) is 24.3 Å². The maximum atomic E-state index is 6.73. The van der Waals surface area contributed by atoms with Crippen LogP contribution in [0.25, 0.3) is 0 Å². The van der Waals surface area contributed by atoms with Crippen LogP contribution < -0.4 is 10.5 Å². The van der Waals surface area contributed by atoms with Crippen molar-refractivity contribution in [2.45, 2.75) is 51.1 Å². The molecular formula is C17H28N2O. The lowest BCUT2D eigenvalue weighted by Crippen LogP contribution is -2.53. The average Bonchev–Trinajstić information content (AvgIpc) is 3.03. The number of ether oxygens (including phenoxy) is 1. The van der Waals surface area contributed by atoms with Crippen molar-refractivity contribution in [2.24, 2.45) is 5.73 Å². The molecule has 3 nitrogen and oxygen atoms in total. The van der Waals surface area contributed by atoms with Gasteiger partial charge in [-0.2, -0.15) is 0 Å². The van der Waals surface area contributed by atoms with E-state index in [2.05, 4.69) is 30.9 Å². The Hall–Kier alpha value is -1.06. The molecule has 1 aromatic carbocycles. The number of hydrogen-bond donors (Lipinski definition) is 1. The van der Waals surface area contributed by atoms with Gasteiger partial charge in [0.1, 0.15) is 5.75 Å². The van der Waals surface area contributed by atoms with Crippen LogP contribution in [0, 0.1) is 0 Å². The van der Waals surface area contributed by atoms with Gasteiger partial charge in [-0.25, -0.2) is 0 Å². The van der Waals surface area contributed by atoms with E-state index in [4.69, 9.17) is 10.5 Å². The molecule has 1 aliphatic heterocycles. The zero-order valence-electron chi connectivity index (χ0n) is 13.1. The zero-order valence-corrected chi connectivity index (χ0v) is 13.1. The summed E-state index contributed by atoms with van der Waals surface area (Å²) in [6, 6.07) is 8.17. The number of hydrogen-bond acceptors (Lipinski definition) is 3. The molecule has 112 valence electrons. The Balaban J connectivity index is 2.37.